The van der Waals surface area contributed by atoms with Crippen molar-refractivity contribution in [3.8, 4) is 5.75 Å². The van der Waals surface area contributed by atoms with Gasteiger partial charge < -0.3 is 20.3 Å². The van der Waals surface area contributed by atoms with Crippen molar-refractivity contribution in [1.29, 1.82) is 0 Å². The topological polar surface area (TPSA) is 173 Å². The van der Waals surface area contributed by atoms with Crippen molar-refractivity contribution in [2.24, 2.45) is 5.92 Å². The van der Waals surface area contributed by atoms with Crippen LogP contribution in [0, 0.1) is 18.7 Å². The van der Waals surface area contributed by atoms with Crippen molar-refractivity contribution < 1.29 is 23.5 Å². The Morgan fingerprint density at radius 1 is 1.14 bits per heavy atom. The van der Waals surface area contributed by atoms with Crippen molar-refractivity contribution >= 4 is 17.7 Å². The minimum Gasteiger partial charge on any atom is -0.491 e. The largest absolute Gasteiger partial charge is 0.491 e. The van der Waals surface area contributed by atoms with Gasteiger partial charge in [-0.3, -0.25) is 28.7 Å². The average molecular weight is 599 g/mol. The number of carbonyl (C=O) groups excluding carboxylic acids is 3. The molecule has 3 N–H and O–H groups in total. The number of nitrogens with zero attached hydrogens (tertiary/aromatic N) is 5. The van der Waals surface area contributed by atoms with Gasteiger partial charge in [0.05, 0.1) is 17.8 Å². The van der Waals surface area contributed by atoms with Crippen LogP contribution in [0.25, 0.3) is 0 Å². The van der Waals surface area contributed by atoms with Gasteiger partial charge in [0.25, 0.3) is 11.5 Å². The van der Waals surface area contributed by atoms with Gasteiger partial charge in [-0.15, -0.1) is 5.10 Å². The minimum absolute atomic E-state index is 0.0413. The van der Waals surface area contributed by atoms with Gasteiger partial charge in [0.15, 0.2) is 0 Å². The van der Waals surface area contributed by atoms with Gasteiger partial charge in [-0.05, 0) is 37.5 Å². The predicted octanol–water partition coefficient (Wildman–Crippen LogP) is 0.000220. The van der Waals surface area contributed by atoms with E-state index < -0.39 is 40.8 Å². The van der Waals surface area contributed by atoms with Gasteiger partial charge >= 0.3 is 5.69 Å². The lowest BCUT2D eigenvalue weighted by molar-refractivity contribution is -0.132. The molecule has 3 heterocycles. The summed E-state index contributed by atoms with van der Waals surface area (Å²) in [5.41, 5.74) is -0.413. The number of benzene rings is 1. The van der Waals surface area contributed by atoms with Crippen molar-refractivity contribution in [2.75, 3.05) is 26.2 Å². The van der Waals surface area contributed by atoms with Crippen LogP contribution < -0.4 is 26.6 Å². The second-order valence-corrected chi connectivity index (χ2v) is 10.7. The number of halogens is 1. The lowest BCUT2D eigenvalue weighted by Crippen LogP contribution is -2.49. The Kier molecular flexibility index (Phi) is 10.1. The summed E-state index contributed by atoms with van der Waals surface area (Å²) in [7, 11) is 0. The maximum atomic E-state index is 14.1. The lowest BCUT2D eigenvalue weighted by Gasteiger charge is -2.25. The molecule has 1 aliphatic heterocycles. The first-order chi connectivity index (χ1) is 20.5. The molecule has 1 aliphatic rings. The summed E-state index contributed by atoms with van der Waals surface area (Å²) in [6.07, 6.45) is 3.67. The molecular weight excluding hydrogens is 563 g/mol. The van der Waals surface area contributed by atoms with Crippen LogP contribution >= 0.6 is 0 Å². The molecule has 3 amide bonds. The highest BCUT2D eigenvalue weighted by molar-refractivity contribution is 5.99. The van der Waals surface area contributed by atoms with Gasteiger partial charge in [0.1, 0.15) is 30.8 Å². The molecule has 14 nitrogen and oxygen atoms in total. The summed E-state index contributed by atoms with van der Waals surface area (Å²) in [5.74, 6) is -1.98. The molecule has 15 heteroatoms. The fourth-order valence-corrected chi connectivity index (χ4v) is 4.59. The molecule has 0 saturated carbocycles. The van der Waals surface area contributed by atoms with E-state index in [-0.39, 0.29) is 62.1 Å². The third-order valence-electron chi connectivity index (χ3n) is 6.85. The standard InChI is InChI=1S/C28H35FN8O6/c1-17(2)12-22-27(41)30-7-9-35(24(38)16-36-14-18(3)25(39)32-28(36)42)8-6-20-15-37(34-33-20)10-11-43-23-5-4-19(29)13-21(23)26(40)31-22/h4-5,13-15,17,22H,6-12,16H2,1-3H3,(H,30,41)(H,31,40)(H,32,39,42)/t22-/m1/s1. The molecule has 0 aliphatic carbocycles. The Hall–Kier alpha value is -4.82. The van der Waals surface area contributed by atoms with E-state index >= 15 is 0 Å². The van der Waals surface area contributed by atoms with Crippen molar-refractivity contribution in [2.45, 2.75) is 52.7 Å². The monoisotopic (exact) mass is 598 g/mol. The van der Waals surface area contributed by atoms with Crippen LogP contribution in [0.15, 0.2) is 40.2 Å². The van der Waals surface area contributed by atoms with Crippen LogP contribution in [-0.4, -0.2) is 79.4 Å². The maximum Gasteiger partial charge on any atom is 0.328 e. The second kappa shape index (κ2) is 13.9. The van der Waals surface area contributed by atoms with E-state index in [4.69, 9.17) is 4.74 Å². The van der Waals surface area contributed by atoms with Gasteiger partial charge in [-0.25, -0.2) is 13.9 Å². The SMILES string of the molecule is Cc1cn(CC(=O)N2CCNC(=O)[C@@H](CC(C)C)NC(=O)c3cc(F)ccc3OCCn3cc(nn3)CC2)c(=O)[nH]c1=O. The fourth-order valence-electron chi connectivity index (χ4n) is 4.59. The van der Waals surface area contributed by atoms with Crippen LogP contribution in [0.2, 0.25) is 0 Å². The highest BCUT2D eigenvalue weighted by atomic mass is 19.1. The van der Waals surface area contributed by atoms with Crippen LogP contribution in [0.3, 0.4) is 0 Å². The summed E-state index contributed by atoms with van der Waals surface area (Å²) < 4.78 is 22.6. The quantitative estimate of drug-likeness (QED) is 0.376. The third kappa shape index (κ3) is 8.36. The van der Waals surface area contributed by atoms with Gasteiger partial charge in [-0.1, -0.05) is 19.1 Å². The molecule has 0 spiro atoms. The highest BCUT2D eigenvalue weighted by Crippen LogP contribution is 2.21. The summed E-state index contributed by atoms with van der Waals surface area (Å²) in [4.78, 5) is 67.4. The number of H-pyrrole nitrogens is 1. The second-order valence-electron chi connectivity index (χ2n) is 10.7. The van der Waals surface area contributed by atoms with Crippen molar-refractivity contribution in [1.82, 2.24) is 40.1 Å². The Morgan fingerprint density at radius 2 is 1.93 bits per heavy atom. The number of aromatic nitrogens is 5. The molecule has 1 atom stereocenters. The van der Waals surface area contributed by atoms with Gasteiger partial charge in [0, 0.05) is 44.0 Å². The first kappa shape index (κ1) is 31.1. The first-order valence-electron chi connectivity index (χ1n) is 14.0. The molecule has 43 heavy (non-hydrogen) atoms. The van der Waals surface area contributed by atoms with E-state index in [2.05, 4.69) is 25.9 Å². The molecule has 0 radical (unpaired) electrons. The number of rotatable bonds is 4. The Morgan fingerprint density at radius 3 is 2.70 bits per heavy atom. The molecular formula is C28H35FN8O6. The Labute approximate surface area is 246 Å². The van der Waals surface area contributed by atoms with Crippen LogP contribution in [0.1, 0.15) is 41.9 Å². The predicted molar refractivity (Wildman–Crippen MR) is 152 cm³/mol. The van der Waals surface area contributed by atoms with Crippen LogP contribution in [0.5, 0.6) is 5.75 Å². The zero-order valence-corrected chi connectivity index (χ0v) is 24.3. The van der Waals surface area contributed by atoms with Crippen LogP contribution in [-0.2, 0) is 29.1 Å². The molecule has 2 bridgehead atoms. The maximum absolute atomic E-state index is 14.1. The zero-order chi connectivity index (χ0) is 31.1. The zero-order valence-electron chi connectivity index (χ0n) is 24.3. The van der Waals surface area contributed by atoms with E-state index in [1.165, 1.54) is 30.2 Å². The van der Waals surface area contributed by atoms with Gasteiger partial charge in [-0.2, -0.15) is 0 Å². The molecule has 230 valence electrons. The molecule has 4 rings (SSSR count). The molecule has 0 saturated heterocycles. The number of carbonyl (C=O) groups is 3. The van der Waals surface area contributed by atoms with Crippen molar-refractivity contribution in [3.63, 3.8) is 0 Å². The summed E-state index contributed by atoms with van der Waals surface area (Å²) >= 11 is 0. The molecule has 2 aromatic heterocycles. The number of hydrogen-bond acceptors (Lipinski definition) is 8. The molecule has 3 aromatic rings. The van der Waals surface area contributed by atoms with E-state index in [0.717, 1.165) is 10.6 Å². The third-order valence-corrected chi connectivity index (χ3v) is 6.85. The summed E-state index contributed by atoms with van der Waals surface area (Å²) in [6.45, 7) is 5.75. The summed E-state index contributed by atoms with van der Waals surface area (Å²) in [6, 6.07) is 2.67. The van der Waals surface area contributed by atoms with E-state index in [9.17, 15) is 28.4 Å². The van der Waals surface area contributed by atoms with Crippen molar-refractivity contribution in [3.05, 3.63) is 74.1 Å². The van der Waals surface area contributed by atoms with E-state index in [1.807, 2.05) is 13.8 Å². The first-order valence-corrected chi connectivity index (χ1v) is 14.0. The number of ether oxygens (including phenoxy) is 1. The van der Waals surface area contributed by atoms with Gasteiger partial charge in [0.2, 0.25) is 11.8 Å². The highest BCUT2D eigenvalue weighted by Gasteiger charge is 2.25. The number of hydrogen-bond donors (Lipinski definition) is 3. The average Bonchev–Trinajstić information content (AvgIpc) is 3.40. The van der Waals surface area contributed by atoms with E-state index in [0.29, 0.717) is 18.5 Å². The lowest BCUT2D eigenvalue weighted by atomic mass is 10.0. The molecule has 0 unspecified atom stereocenters. The summed E-state index contributed by atoms with van der Waals surface area (Å²) in [5, 5.41) is 13.7. The Bertz CT molecular complexity index is 1600. The van der Waals surface area contributed by atoms with Crippen LogP contribution in [0.4, 0.5) is 4.39 Å². The smallest absolute Gasteiger partial charge is 0.328 e. The molecule has 1 aromatic carbocycles. The number of aryl methyl sites for hydroxylation is 1. The number of aromatic amines is 1. The number of nitrogens with one attached hydrogen (secondary N) is 3. The minimum atomic E-state index is -0.931. The Balaban J connectivity index is 1.58. The number of amides is 3. The molecule has 0 fully saturated rings. The number of fused-ring (bicyclic) bond motifs is 3. The van der Waals surface area contributed by atoms with E-state index in [1.54, 1.807) is 10.9 Å². The fraction of sp³-hybridized carbons (Fsp3) is 0.464. The normalized spacial score (nSPS) is 16.9.